The molecule has 0 bridgehead atoms. The number of hydrogen-bond acceptors (Lipinski definition) is 3. The zero-order valence-electron chi connectivity index (χ0n) is 15.5. The summed E-state index contributed by atoms with van der Waals surface area (Å²) >= 11 is 0. The van der Waals surface area contributed by atoms with Gasteiger partial charge in [0.2, 0.25) is 6.10 Å². The SMILES string of the molecule is CCCCCC(=O)OC(C(=O)N(C)c1ccccc1)c1cc(F)cc(F)c1. The number of likely N-dealkylation sites (N-methyl/N-ethyl adjacent to an activating group) is 1. The highest BCUT2D eigenvalue weighted by Gasteiger charge is 2.29. The number of esters is 1. The molecule has 0 saturated heterocycles. The van der Waals surface area contributed by atoms with Crippen molar-refractivity contribution in [2.45, 2.75) is 38.7 Å². The van der Waals surface area contributed by atoms with Gasteiger partial charge in [-0.2, -0.15) is 0 Å². The van der Waals surface area contributed by atoms with Crippen LogP contribution in [0.5, 0.6) is 0 Å². The maximum atomic E-state index is 13.7. The van der Waals surface area contributed by atoms with Crippen molar-refractivity contribution in [2.24, 2.45) is 0 Å². The third-order valence-corrected chi connectivity index (χ3v) is 4.12. The van der Waals surface area contributed by atoms with Gasteiger partial charge in [-0.1, -0.05) is 38.0 Å². The van der Waals surface area contributed by atoms with E-state index in [0.29, 0.717) is 18.2 Å². The molecule has 27 heavy (non-hydrogen) atoms. The van der Waals surface area contributed by atoms with Crippen molar-refractivity contribution in [1.29, 1.82) is 0 Å². The van der Waals surface area contributed by atoms with Gasteiger partial charge in [-0.15, -0.1) is 0 Å². The molecule has 1 amide bonds. The molecule has 0 aromatic heterocycles. The van der Waals surface area contributed by atoms with Crippen LogP contribution >= 0.6 is 0 Å². The van der Waals surface area contributed by atoms with Crippen molar-refractivity contribution < 1.29 is 23.1 Å². The molecule has 0 spiro atoms. The summed E-state index contributed by atoms with van der Waals surface area (Å²) in [6.07, 6.45) is 1.13. The topological polar surface area (TPSA) is 46.6 Å². The molecule has 2 rings (SSSR count). The van der Waals surface area contributed by atoms with Crippen LogP contribution in [-0.2, 0) is 14.3 Å². The van der Waals surface area contributed by atoms with E-state index in [2.05, 4.69) is 0 Å². The molecule has 144 valence electrons. The molecule has 0 heterocycles. The second kappa shape index (κ2) is 9.80. The Labute approximate surface area is 157 Å². The fourth-order valence-corrected chi connectivity index (χ4v) is 2.65. The van der Waals surface area contributed by atoms with Crippen LogP contribution in [0.1, 0.15) is 44.3 Å². The highest BCUT2D eigenvalue weighted by atomic mass is 19.1. The van der Waals surface area contributed by atoms with Gasteiger partial charge < -0.3 is 9.64 Å². The van der Waals surface area contributed by atoms with E-state index >= 15 is 0 Å². The molecule has 0 N–H and O–H groups in total. The summed E-state index contributed by atoms with van der Waals surface area (Å²) < 4.78 is 32.6. The Kier molecular flexibility index (Phi) is 7.46. The zero-order valence-corrected chi connectivity index (χ0v) is 15.5. The number of hydrogen-bond donors (Lipinski definition) is 0. The van der Waals surface area contributed by atoms with Crippen molar-refractivity contribution in [1.82, 2.24) is 0 Å². The van der Waals surface area contributed by atoms with Crippen LogP contribution in [0.4, 0.5) is 14.5 Å². The van der Waals surface area contributed by atoms with E-state index in [9.17, 15) is 18.4 Å². The molecule has 4 nitrogen and oxygen atoms in total. The van der Waals surface area contributed by atoms with Gasteiger partial charge in [-0.3, -0.25) is 9.59 Å². The monoisotopic (exact) mass is 375 g/mol. The zero-order chi connectivity index (χ0) is 19.8. The van der Waals surface area contributed by atoms with Crippen molar-refractivity contribution in [3.05, 3.63) is 65.7 Å². The summed E-state index contributed by atoms with van der Waals surface area (Å²) in [5, 5.41) is 0. The van der Waals surface area contributed by atoms with Crippen molar-refractivity contribution in [2.75, 3.05) is 11.9 Å². The lowest BCUT2D eigenvalue weighted by Gasteiger charge is -2.24. The average molecular weight is 375 g/mol. The summed E-state index contributed by atoms with van der Waals surface area (Å²) in [5.41, 5.74) is 0.538. The van der Waals surface area contributed by atoms with Crippen LogP contribution in [0.15, 0.2) is 48.5 Å². The molecule has 6 heteroatoms. The van der Waals surface area contributed by atoms with Crippen LogP contribution in [0.2, 0.25) is 0 Å². The Bertz CT molecular complexity index is 760. The lowest BCUT2D eigenvalue weighted by atomic mass is 10.1. The third-order valence-electron chi connectivity index (χ3n) is 4.12. The highest BCUT2D eigenvalue weighted by molar-refractivity contribution is 5.97. The summed E-state index contributed by atoms with van der Waals surface area (Å²) in [4.78, 5) is 26.4. The predicted octanol–water partition coefficient (Wildman–Crippen LogP) is 4.79. The quantitative estimate of drug-likeness (QED) is 0.492. The van der Waals surface area contributed by atoms with Gasteiger partial charge in [-0.25, -0.2) is 8.78 Å². The second-order valence-electron chi connectivity index (χ2n) is 6.26. The number of unbranched alkanes of at least 4 members (excludes halogenated alkanes) is 2. The number of amides is 1. The molecule has 0 aliphatic carbocycles. The summed E-state index contributed by atoms with van der Waals surface area (Å²) in [6, 6.07) is 11.4. The first kappa shape index (κ1) is 20.6. The van der Waals surface area contributed by atoms with E-state index in [-0.39, 0.29) is 12.0 Å². The fraction of sp³-hybridized carbons (Fsp3) is 0.333. The van der Waals surface area contributed by atoms with Crippen molar-refractivity contribution in [3.8, 4) is 0 Å². The normalized spacial score (nSPS) is 11.7. The lowest BCUT2D eigenvalue weighted by Crippen LogP contribution is -2.34. The van der Waals surface area contributed by atoms with Gasteiger partial charge in [-0.05, 0) is 30.7 Å². The minimum atomic E-state index is -1.42. The van der Waals surface area contributed by atoms with Gasteiger partial charge in [0.15, 0.2) is 0 Å². The highest BCUT2D eigenvalue weighted by Crippen LogP contribution is 2.25. The summed E-state index contributed by atoms with van der Waals surface area (Å²) in [7, 11) is 1.52. The minimum absolute atomic E-state index is 0.0378. The maximum Gasteiger partial charge on any atom is 0.306 e. The molecule has 0 fully saturated rings. The number of carbonyl (C=O) groups excluding carboxylic acids is 2. The molecular formula is C21H23F2NO3. The average Bonchev–Trinajstić information content (AvgIpc) is 2.65. The number of halogens is 2. The molecule has 1 unspecified atom stereocenters. The molecule has 0 saturated carbocycles. The Hall–Kier alpha value is -2.76. The number of benzene rings is 2. The van der Waals surface area contributed by atoms with E-state index in [4.69, 9.17) is 4.74 Å². The molecule has 0 aliphatic rings. The van der Waals surface area contributed by atoms with E-state index < -0.39 is 29.6 Å². The molecule has 1 atom stereocenters. The number of nitrogens with zero attached hydrogens (tertiary/aromatic N) is 1. The van der Waals surface area contributed by atoms with Crippen LogP contribution in [0.3, 0.4) is 0 Å². The lowest BCUT2D eigenvalue weighted by molar-refractivity contribution is -0.155. The van der Waals surface area contributed by atoms with Gasteiger partial charge in [0, 0.05) is 30.8 Å². The van der Waals surface area contributed by atoms with Crippen molar-refractivity contribution in [3.63, 3.8) is 0 Å². The number of anilines is 1. The van der Waals surface area contributed by atoms with E-state index in [1.54, 1.807) is 30.3 Å². The van der Waals surface area contributed by atoms with Gasteiger partial charge in [0.25, 0.3) is 5.91 Å². The fourth-order valence-electron chi connectivity index (χ4n) is 2.65. The van der Waals surface area contributed by atoms with Gasteiger partial charge in [0.1, 0.15) is 11.6 Å². The second-order valence-corrected chi connectivity index (χ2v) is 6.26. The van der Waals surface area contributed by atoms with Gasteiger partial charge in [0.05, 0.1) is 0 Å². The Morgan fingerprint density at radius 1 is 1.04 bits per heavy atom. The van der Waals surface area contributed by atoms with Crippen LogP contribution in [-0.4, -0.2) is 18.9 Å². The first-order chi connectivity index (χ1) is 12.9. The van der Waals surface area contributed by atoms with E-state index in [1.165, 1.54) is 11.9 Å². The molecule has 2 aromatic carbocycles. The standard InChI is InChI=1S/C21H23F2NO3/c1-3-4-6-11-19(25)27-20(15-12-16(22)14-17(23)13-15)21(26)24(2)18-9-7-5-8-10-18/h5,7-10,12-14,20H,3-4,6,11H2,1-2H3. The Morgan fingerprint density at radius 3 is 2.26 bits per heavy atom. The van der Waals surface area contributed by atoms with Gasteiger partial charge >= 0.3 is 5.97 Å². The molecule has 2 aromatic rings. The van der Waals surface area contributed by atoms with E-state index in [1.807, 2.05) is 6.92 Å². The van der Waals surface area contributed by atoms with Crippen LogP contribution in [0.25, 0.3) is 0 Å². The molecule has 0 aliphatic heterocycles. The Balaban J connectivity index is 2.28. The first-order valence-corrected chi connectivity index (χ1v) is 8.90. The number of ether oxygens (including phenoxy) is 1. The first-order valence-electron chi connectivity index (χ1n) is 8.90. The molecular weight excluding hydrogens is 352 g/mol. The minimum Gasteiger partial charge on any atom is -0.447 e. The molecule has 0 radical (unpaired) electrons. The van der Waals surface area contributed by atoms with Crippen molar-refractivity contribution >= 4 is 17.6 Å². The van der Waals surface area contributed by atoms with Crippen LogP contribution in [0, 0.1) is 11.6 Å². The number of para-hydroxylation sites is 1. The largest absolute Gasteiger partial charge is 0.447 e. The third kappa shape index (κ3) is 5.88. The maximum absolute atomic E-state index is 13.7. The summed E-state index contributed by atoms with van der Waals surface area (Å²) in [5.74, 6) is -2.85. The number of rotatable bonds is 8. The summed E-state index contributed by atoms with van der Waals surface area (Å²) in [6.45, 7) is 2.00. The smallest absolute Gasteiger partial charge is 0.306 e. The Morgan fingerprint density at radius 2 is 1.67 bits per heavy atom. The predicted molar refractivity (Wildman–Crippen MR) is 99.2 cm³/mol. The number of carbonyl (C=O) groups is 2. The van der Waals surface area contributed by atoms with E-state index in [0.717, 1.165) is 25.0 Å². The van der Waals surface area contributed by atoms with Crippen LogP contribution < -0.4 is 4.90 Å².